The van der Waals surface area contributed by atoms with Crippen molar-refractivity contribution in [1.82, 2.24) is 9.97 Å². The third-order valence-corrected chi connectivity index (χ3v) is 1.89. The van der Waals surface area contributed by atoms with Crippen LogP contribution in [0.5, 0.6) is 0 Å². The van der Waals surface area contributed by atoms with Crippen LogP contribution in [0.2, 0.25) is 0 Å². The number of aromatic nitrogens is 2. The molecule has 0 amide bonds. The number of rotatable bonds is 0. The van der Waals surface area contributed by atoms with E-state index < -0.39 is 12.1 Å². The molecule has 74 valence electrons. The zero-order chi connectivity index (χ0) is 10.3. The average Bonchev–Trinajstić information content (AvgIpc) is 2.45. The van der Waals surface area contributed by atoms with E-state index in [0.717, 1.165) is 0 Å². The van der Waals surface area contributed by atoms with Gasteiger partial charge < -0.3 is 4.42 Å². The van der Waals surface area contributed by atoms with Crippen LogP contribution in [0.3, 0.4) is 0 Å². The maximum absolute atomic E-state index is 12.1. The van der Waals surface area contributed by atoms with E-state index in [0.29, 0.717) is 4.47 Å². The first kappa shape index (κ1) is 9.45. The molecule has 0 atom stereocenters. The number of oxazole rings is 1. The Hall–Kier alpha value is -1.11. The molecule has 0 aromatic carbocycles. The molecule has 0 spiro atoms. The van der Waals surface area contributed by atoms with Crippen LogP contribution in [-0.4, -0.2) is 9.97 Å². The molecule has 2 aromatic heterocycles. The van der Waals surface area contributed by atoms with Crippen LogP contribution in [0.25, 0.3) is 11.2 Å². The molecule has 7 heteroatoms. The van der Waals surface area contributed by atoms with Crippen LogP contribution in [0.15, 0.2) is 21.2 Å². The molecule has 0 fully saturated rings. The van der Waals surface area contributed by atoms with Crippen molar-refractivity contribution in [2.45, 2.75) is 6.18 Å². The summed E-state index contributed by atoms with van der Waals surface area (Å²) in [5.74, 6) is -1.28. The Bertz CT molecular complexity index is 479. The molecule has 0 aliphatic heterocycles. The monoisotopic (exact) mass is 266 g/mol. The molecular formula is C7H2BrF3N2O. The molecule has 0 aliphatic rings. The highest BCUT2D eigenvalue weighted by atomic mass is 79.9. The van der Waals surface area contributed by atoms with Crippen molar-refractivity contribution in [3.8, 4) is 0 Å². The van der Waals surface area contributed by atoms with Gasteiger partial charge in [0, 0.05) is 16.7 Å². The molecule has 2 rings (SSSR count). The fourth-order valence-electron chi connectivity index (χ4n) is 0.917. The summed E-state index contributed by atoms with van der Waals surface area (Å²) in [6.07, 6.45) is -3.22. The summed E-state index contributed by atoms with van der Waals surface area (Å²) in [7, 11) is 0. The molecule has 0 unspecified atom stereocenters. The zero-order valence-electron chi connectivity index (χ0n) is 6.47. The maximum atomic E-state index is 12.1. The van der Waals surface area contributed by atoms with Crippen LogP contribution < -0.4 is 0 Å². The topological polar surface area (TPSA) is 38.9 Å². The summed E-state index contributed by atoms with van der Waals surface area (Å²) in [6.45, 7) is 0. The Morgan fingerprint density at radius 2 is 2.07 bits per heavy atom. The molecule has 0 N–H and O–H groups in total. The lowest BCUT2D eigenvalue weighted by atomic mass is 10.5. The minimum Gasteiger partial charge on any atom is -0.431 e. The summed E-state index contributed by atoms with van der Waals surface area (Å²) >= 11 is 3.06. The summed E-state index contributed by atoms with van der Waals surface area (Å²) in [5, 5.41) is 0. The summed E-state index contributed by atoms with van der Waals surface area (Å²) < 4.78 is 41.4. The number of alkyl halides is 3. The predicted molar refractivity (Wildman–Crippen MR) is 44.5 cm³/mol. The van der Waals surface area contributed by atoms with Crippen molar-refractivity contribution in [3.05, 3.63) is 22.6 Å². The molecule has 0 aliphatic carbocycles. The number of hydrogen-bond donors (Lipinski definition) is 0. The lowest BCUT2D eigenvalue weighted by Crippen LogP contribution is -2.04. The minimum atomic E-state index is -4.58. The highest BCUT2D eigenvalue weighted by Crippen LogP contribution is 2.31. The number of hydrogen-bond acceptors (Lipinski definition) is 3. The molecule has 14 heavy (non-hydrogen) atoms. The second-order valence-electron chi connectivity index (χ2n) is 2.49. The lowest BCUT2D eigenvalue weighted by molar-refractivity contribution is -0.156. The molecule has 3 nitrogen and oxygen atoms in total. The smallest absolute Gasteiger partial charge is 0.431 e. The van der Waals surface area contributed by atoms with Gasteiger partial charge in [0.25, 0.3) is 0 Å². The molecular weight excluding hydrogens is 265 g/mol. The lowest BCUT2D eigenvalue weighted by Gasteiger charge is -1.96. The third kappa shape index (κ3) is 1.59. The van der Waals surface area contributed by atoms with Crippen molar-refractivity contribution in [1.29, 1.82) is 0 Å². The largest absolute Gasteiger partial charge is 0.469 e. The van der Waals surface area contributed by atoms with Gasteiger partial charge in [0.05, 0.1) is 0 Å². The fraction of sp³-hybridized carbons (Fsp3) is 0.143. The van der Waals surface area contributed by atoms with Crippen LogP contribution in [0, 0.1) is 0 Å². The summed E-state index contributed by atoms with van der Waals surface area (Å²) in [6, 6.07) is 1.38. The van der Waals surface area contributed by atoms with E-state index in [9.17, 15) is 13.2 Å². The first-order valence-electron chi connectivity index (χ1n) is 3.46. The van der Waals surface area contributed by atoms with Gasteiger partial charge in [-0.25, -0.2) is 4.98 Å². The standard InChI is InChI=1S/C7H2BrF3N2O/c8-3-1-4-5(12-2-3)13-6(14-4)7(9,10)11/h1-2H. The SMILES string of the molecule is FC(F)(F)c1nc2ncc(Br)cc2o1. The molecule has 0 saturated heterocycles. The molecule has 0 bridgehead atoms. The Kier molecular flexibility index (Phi) is 1.99. The van der Waals surface area contributed by atoms with Crippen LogP contribution in [0.4, 0.5) is 13.2 Å². The van der Waals surface area contributed by atoms with Crippen LogP contribution in [-0.2, 0) is 6.18 Å². The predicted octanol–water partition coefficient (Wildman–Crippen LogP) is 3.00. The highest BCUT2D eigenvalue weighted by Gasteiger charge is 2.37. The highest BCUT2D eigenvalue weighted by molar-refractivity contribution is 9.10. The van der Waals surface area contributed by atoms with Crippen molar-refractivity contribution in [2.75, 3.05) is 0 Å². The second kappa shape index (κ2) is 2.94. The Morgan fingerprint density at radius 1 is 1.36 bits per heavy atom. The summed E-state index contributed by atoms with van der Waals surface area (Å²) in [5.41, 5.74) is -0.0489. The second-order valence-corrected chi connectivity index (χ2v) is 3.41. The minimum absolute atomic E-state index is 0.00620. The zero-order valence-corrected chi connectivity index (χ0v) is 8.06. The van der Waals surface area contributed by atoms with Crippen molar-refractivity contribution < 1.29 is 17.6 Å². The maximum Gasteiger partial charge on any atom is 0.469 e. The van der Waals surface area contributed by atoms with Gasteiger partial charge in [0.1, 0.15) is 0 Å². The van der Waals surface area contributed by atoms with Gasteiger partial charge in [-0.1, -0.05) is 0 Å². The normalized spacial score (nSPS) is 12.3. The molecule has 0 radical (unpaired) electrons. The van der Waals surface area contributed by atoms with Crippen molar-refractivity contribution in [3.63, 3.8) is 0 Å². The van der Waals surface area contributed by atoms with Crippen molar-refractivity contribution in [2.24, 2.45) is 0 Å². The van der Waals surface area contributed by atoms with Gasteiger partial charge in [-0.15, -0.1) is 0 Å². The Morgan fingerprint density at radius 3 is 2.71 bits per heavy atom. The number of fused-ring (bicyclic) bond motifs is 1. The molecule has 0 saturated carbocycles. The van der Waals surface area contributed by atoms with Crippen molar-refractivity contribution >= 4 is 27.2 Å². The van der Waals surface area contributed by atoms with E-state index in [1.54, 1.807) is 0 Å². The Labute approximate surface area is 84.1 Å². The molecule has 2 heterocycles. The van der Waals surface area contributed by atoms with Gasteiger partial charge >= 0.3 is 12.1 Å². The van der Waals surface area contributed by atoms with Gasteiger partial charge in [-0.3, -0.25) is 0 Å². The van der Waals surface area contributed by atoms with Gasteiger partial charge in [-0.05, 0) is 15.9 Å². The first-order valence-corrected chi connectivity index (χ1v) is 4.25. The van der Waals surface area contributed by atoms with Crippen LogP contribution >= 0.6 is 15.9 Å². The van der Waals surface area contributed by atoms with E-state index in [4.69, 9.17) is 0 Å². The summed E-state index contributed by atoms with van der Waals surface area (Å²) in [4.78, 5) is 6.86. The average molecular weight is 267 g/mol. The van der Waals surface area contributed by atoms with E-state index in [1.165, 1.54) is 12.3 Å². The number of nitrogens with zero attached hydrogens (tertiary/aromatic N) is 2. The number of halogens is 4. The van der Waals surface area contributed by atoms with E-state index in [-0.39, 0.29) is 11.2 Å². The third-order valence-electron chi connectivity index (χ3n) is 1.46. The van der Waals surface area contributed by atoms with Gasteiger partial charge in [0.2, 0.25) is 0 Å². The fourth-order valence-corrected chi connectivity index (χ4v) is 1.23. The van der Waals surface area contributed by atoms with Crippen LogP contribution in [0.1, 0.15) is 5.89 Å². The quantitative estimate of drug-likeness (QED) is 0.736. The van der Waals surface area contributed by atoms with E-state index in [1.807, 2.05) is 0 Å². The van der Waals surface area contributed by atoms with Gasteiger partial charge in [-0.2, -0.15) is 18.2 Å². The van der Waals surface area contributed by atoms with E-state index >= 15 is 0 Å². The van der Waals surface area contributed by atoms with E-state index in [2.05, 4.69) is 30.3 Å². The first-order chi connectivity index (χ1) is 6.47. The number of pyridine rings is 1. The molecule has 2 aromatic rings. The van der Waals surface area contributed by atoms with Gasteiger partial charge in [0.15, 0.2) is 11.2 Å². The Balaban J connectivity index is 2.63.